The molecule has 2 aromatic rings. The van der Waals surface area contributed by atoms with Crippen LogP contribution >= 0.6 is 23.2 Å². The molecule has 1 aromatic carbocycles. The van der Waals surface area contributed by atoms with Crippen LogP contribution in [0.1, 0.15) is 20.8 Å². The summed E-state index contributed by atoms with van der Waals surface area (Å²) in [5.41, 5.74) is 1.58. The predicted molar refractivity (Wildman–Crippen MR) is 99.4 cm³/mol. The standard InChI is InChI=1S/C17H23Cl2N3O3/c1-8(2)20-17-21-12-4-10(18)11(19)5-13(12)22(17)6-15-9(3)16(24)14(23)7-25-15/h4-5,8-9,14-16,23-24H,6-7H2,1-3H3,(H,20,21)/t9-,14+,15+,16-/m0/s1. The number of nitrogens with zero attached hydrogens (tertiary/aromatic N) is 2. The summed E-state index contributed by atoms with van der Waals surface area (Å²) in [6.45, 7) is 6.53. The molecule has 0 unspecified atom stereocenters. The van der Waals surface area contributed by atoms with Crippen molar-refractivity contribution < 1.29 is 14.9 Å². The Bertz CT molecular complexity index is 765. The molecule has 0 aliphatic carbocycles. The maximum absolute atomic E-state index is 10.1. The molecule has 3 N–H and O–H groups in total. The molecule has 1 saturated heterocycles. The number of anilines is 1. The van der Waals surface area contributed by atoms with Gasteiger partial charge in [0.05, 0.1) is 46.4 Å². The average Bonchev–Trinajstić information content (AvgIpc) is 2.84. The fourth-order valence-electron chi connectivity index (χ4n) is 3.12. The van der Waals surface area contributed by atoms with Gasteiger partial charge in [-0.15, -0.1) is 0 Å². The van der Waals surface area contributed by atoms with Gasteiger partial charge in [0.15, 0.2) is 0 Å². The smallest absolute Gasteiger partial charge is 0.204 e. The van der Waals surface area contributed by atoms with Crippen molar-refractivity contribution in [2.45, 2.75) is 51.7 Å². The number of rotatable bonds is 4. The minimum Gasteiger partial charge on any atom is -0.390 e. The monoisotopic (exact) mass is 387 g/mol. The van der Waals surface area contributed by atoms with E-state index in [9.17, 15) is 10.2 Å². The van der Waals surface area contributed by atoms with Crippen molar-refractivity contribution in [2.24, 2.45) is 5.92 Å². The number of aromatic nitrogens is 2. The Hall–Kier alpha value is -1.05. The van der Waals surface area contributed by atoms with Crippen molar-refractivity contribution in [3.8, 4) is 0 Å². The van der Waals surface area contributed by atoms with Gasteiger partial charge in [-0.2, -0.15) is 0 Å². The highest BCUT2D eigenvalue weighted by Crippen LogP contribution is 2.31. The number of nitrogens with one attached hydrogen (secondary N) is 1. The molecule has 25 heavy (non-hydrogen) atoms. The van der Waals surface area contributed by atoms with E-state index in [0.29, 0.717) is 22.5 Å². The lowest BCUT2D eigenvalue weighted by atomic mass is 9.91. The first-order valence-corrected chi connectivity index (χ1v) is 9.13. The van der Waals surface area contributed by atoms with E-state index in [1.54, 1.807) is 12.1 Å². The third kappa shape index (κ3) is 3.73. The minimum atomic E-state index is -0.854. The highest BCUT2D eigenvalue weighted by Gasteiger charge is 2.36. The summed E-state index contributed by atoms with van der Waals surface area (Å²) in [6, 6.07) is 3.72. The van der Waals surface area contributed by atoms with Gasteiger partial charge in [0.2, 0.25) is 5.95 Å². The van der Waals surface area contributed by atoms with E-state index in [-0.39, 0.29) is 24.7 Å². The third-order valence-corrected chi connectivity index (χ3v) is 5.29. The Labute approximate surface area is 156 Å². The van der Waals surface area contributed by atoms with Crippen LogP contribution in [0.4, 0.5) is 5.95 Å². The van der Waals surface area contributed by atoms with Crippen LogP contribution in [0.15, 0.2) is 12.1 Å². The Morgan fingerprint density at radius 2 is 2.00 bits per heavy atom. The number of fused-ring (bicyclic) bond motifs is 1. The zero-order chi connectivity index (χ0) is 18.3. The molecule has 0 spiro atoms. The van der Waals surface area contributed by atoms with Crippen LogP contribution in [0.2, 0.25) is 10.0 Å². The molecule has 0 amide bonds. The number of hydrogen-bond acceptors (Lipinski definition) is 5. The van der Waals surface area contributed by atoms with E-state index in [2.05, 4.69) is 10.3 Å². The SMILES string of the molecule is CC(C)Nc1nc2cc(Cl)c(Cl)cc2n1C[C@H]1OC[C@@H](O)[C@@H](O)[C@H]1C. The molecule has 138 valence electrons. The topological polar surface area (TPSA) is 79.5 Å². The molecule has 3 rings (SSSR count). The first-order valence-electron chi connectivity index (χ1n) is 8.37. The molecule has 2 heterocycles. The van der Waals surface area contributed by atoms with Gasteiger partial charge in [-0.1, -0.05) is 30.1 Å². The van der Waals surface area contributed by atoms with Crippen LogP contribution in [0.5, 0.6) is 0 Å². The molecule has 0 bridgehead atoms. The van der Waals surface area contributed by atoms with Crippen molar-refractivity contribution in [3.05, 3.63) is 22.2 Å². The molecule has 0 radical (unpaired) electrons. The lowest BCUT2D eigenvalue weighted by molar-refractivity contribution is -0.156. The first kappa shape index (κ1) is 18.7. The second-order valence-electron chi connectivity index (χ2n) is 6.89. The van der Waals surface area contributed by atoms with E-state index in [1.807, 2.05) is 25.3 Å². The number of aliphatic hydroxyl groups excluding tert-OH is 2. The molecule has 4 atom stereocenters. The summed E-state index contributed by atoms with van der Waals surface area (Å²) >= 11 is 12.3. The second kappa shape index (κ2) is 7.29. The van der Waals surface area contributed by atoms with Crippen molar-refractivity contribution >= 4 is 40.2 Å². The first-order chi connectivity index (χ1) is 11.8. The number of benzene rings is 1. The molecule has 6 nitrogen and oxygen atoms in total. The van der Waals surface area contributed by atoms with Crippen LogP contribution in [-0.2, 0) is 11.3 Å². The van der Waals surface area contributed by atoms with Crippen LogP contribution in [-0.4, -0.2) is 50.7 Å². The zero-order valence-corrected chi connectivity index (χ0v) is 15.9. The van der Waals surface area contributed by atoms with E-state index < -0.39 is 12.2 Å². The highest BCUT2D eigenvalue weighted by atomic mass is 35.5. The van der Waals surface area contributed by atoms with Gasteiger partial charge in [-0.05, 0) is 26.0 Å². The fraction of sp³-hybridized carbons (Fsp3) is 0.588. The largest absolute Gasteiger partial charge is 0.390 e. The van der Waals surface area contributed by atoms with Gasteiger partial charge < -0.3 is 24.8 Å². The van der Waals surface area contributed by atoms with Gasteiger partial charge in [0.25, 0.3) is 0 Å². The van der Waals surface area contributed by atoms with E-state index in [1.165, 1.54) is 0 Å². The van der Waals surface area contributed by atoms with Gasteiger partial charge in [0, 0.05) is 12.0 Å². The quantitative estimate of drug-likeness (QED) is 0.751. The maximum Gasteiger partial charge on any atom is 0.204 e. The highest BCUT2D eigenvalue weighted by molar-refractivity contribution is 6.42. The summed E-state index contributed by atoms with van der Waals surface area (Å²) in [5, 5.41) is 24.1. The molecule has 1 fully saturated rings. The summed E-state index contributed by atoms with van der Waals surface area (Å²) in [7, 11) is 0. The van der Waals surface area contributed by atoms with Crippen molar-refractivity contribution in [3.63, 3.8) is 0 Å². The minimum absolute atomic E-state index is 0.113. The van der Waals surface area contributed by atoms with Gasteiger partial charge in [-0.25, -0.2) is 4.98 Å². The maximum atomic E-state index is 10.1. The van der Waals surface area contributed by atoms with E-state index in [4.69, 9.17) is 27.9 Å². The second-order valence-corrected chi connectivity index (χ2v) is 7.70. The third-order valence-electron chi connectivity index (χ3n) is 4.57. The van der Waals surface area contributed by atoms with Crippen LogP contribution in [0.3, 0.4) is 0 Å². The summed E-state index contributed by atoms with van der Waals surface area (Å²) in [5.74, 6) is 0.482. The lowest BCUT2D eigenvalue weighted by Crippen LogP contribution is -2.49. The summed E-state index contributed by atoms with van der Waals surface area (Å²) < 4.78 is 7.75. The molecule has 1 aromatic heterocycles. The van der Waals surface area contributed by atoms with Crippen LogP contribution in [0.25, 0.3) is 11.0 Å². The molecule has 1 aliphatic rings. The predicted octanol–water partition coefficient (Wildman–Crippen LogP) is 2.92. The van der Waals surface area contributed by atoms with Crippen molar-refractivity contribution in [2.75, 3.05) is 11.9 Å². The number of ether oxygens (including phenoxy) is 1. The lowest BCUT2D eigenvalue weighted by Gasteiger charge is -2.36. The molecule has 8 heteroatoms. The summed E-state index contributed by atoms with van der Waals surface area (Å²) in [6.07, 6.45) is -1.92. The van der Waals surface area contributed by atoms with Gasteiger partial charge in [-0.3, -0.25) is 0 Å². The average molecular weight is 388 g/mol. The number of imidazole rings is 1. The normalized spacial score (nSPS) is 27.2. The zero-order valence-electron chi connectivity index (χ0n) is 14.4. The van der Waals surface area contributed by atoms with E-state index >= 15 is 0 Å². The van der Waals surface area contributed by atoms with Crippen LogP contribution in [0, 0.1) is 5.92 Å². The van der Waals surface area contributed by atoms with Crippen molar-refractivity contribution in [1.82, 2.24) is 9.55 Å². The Morgan fingerprint density at radius 3 is 2.68 bits per heavy atom. The Balaban J connectivity index is 1.99. The van der Waals surface area contributed by atoms with Gasteiger partial charge in [0.1, 0.15) is 6.10 Å². The fourth-order valence-corrected chi connectivity index (χ4v) is 3.43. The summed E-state index contributed by atoms with van der Waals surface area (Å²) in [4.78, 5) is 4.62. The number of hydrogen-bond donors (Lipinski definition) is 3. The van der Waals surface area contributed by atoms with Crippen molar-refractivity contribution in [1.29, 1.82) is 0 Å². The molecular formula is C17H23Cl2N3O3. The number of aliphatic hydroxyl groups is 2. The molecular weight excluding hydrogens is 365 g/mol. The van der Waals surface area contributed by atoms with Crippen LogP contribution < -0.4 is 5.32 Å². The Morgan fingerprint density at radius 1 is 1.32 bits per heavy atom. The van der Waals surface area contributed by atoms with E-state index in [0.717, 1.165) is 11.0 Å². The molecule has 1 aliphatic heterocycles. The molecule has 0 saturated carbocycles. The van der Waals surface area contributed by atoms with Gasteiger partial charge >= 0.3 is 0 Å². The Kier molecular flexibility index (Phi) is 5.46. The number of halogens is 2.